The molecule has 108 valence electrons. The summed E-state index contributed by atoms with van der Waals surface area (Å²) in [7, 11) is 0. The van der Waals surface area contributed by atoms with Crippen molar-refractivity contribution in [1.29, 1.82) is 0 Å². The van der Waals surface area contributed by atoms with Crippen LogP contribution in [0.4, 0.5) is 4.39 Å². The lowest BCUT2D eigenvalue weighted by Crippen LogP contribution is -2.23. The lowest BCUT2D eigenvalue weighted by Gasteiger charge is -2.20. The predicted octanol–water partition coefficient (Wildman–Crippen LogP) is 5.15. The molecule has 0 bridgehead atoms. The molecule has 0 amide bonds. The first-order valence-corrected chi connectivity index (χ1v) is 7.68. The monoisotopic (exact) mass is 265 g/mol. The highest BCUT2D eigenvalue weighted by Gasteiger charge is 2.14. The maximum absolute atomic E-state index is 14.0. The molecule has 0 saturated carbocycles. The van der Waals surface area contributed by atoms with E-state index in [2.05, 4.69) is 19.2 Å². The second-order valence-corrected chi connectivity index (χ2v) is 5.38. The van der Waals surface area contributed by atoms with E-state index >= 15 is 0 Å². The molecule has 0 aliphatic rings. The summed E-state index contributed by atoms with van der Waals surface area (Å²) in [4.78, 5) is 0. The molecule has 0 fully saturated rings. The first kappa shape index (κ1) is 16.2. The largest absolute Gasteiger partial charge is 0.310 e. The van der Waals surface area contributed by atoms with Gasteiger partial charge in [-0.05, 0) is 32.4 Å². The molecular weight excluding hydrogens is 237 g/mol. The second-order valence-electron chi connectivity index (χ2n) is 5.38. The zero-order valence-corrected chi connectivity index (χ0v) is 12.6. The van der Waals surface area contributed by atoms with Gasteiger partial charge in [0.05, 0.1) is 0 Å². The van der Waals surface area contributed by atoms with Gasteiger partial charge in [0, 0.05) is 11.6 Å². The van der Waals surface area contributed by atoms with E-state index in [0.29, 0.717) is 0 Å². The Kier molecular flexibility index (Phi) is 7.73. The fourth-order valence-electron chi connectivity index (χ4n) is 2.39. The molecule has 0 aliphatic heterocycles. The van der Waals surface area contributed by atoms with Gasteiger partial charge in [-0.1, -0.05) is 57.2 Å². The van der Waals surface area contributed by atoms with E-state index in [0.717, 1.165) is 30.5 Å². The molecule has 2 heteroatoms. The Bertz CT molecular complexity index is 362. The van der Waals surface area contributed by atoms with Crippen LogP contribution in [0.2, 0.25) is 0 Å². The van der Waals surface area contributed by atoms with E-state index < -0.39 is 0 Å². The Morgan fingerprint density at radius 3 is 2.58 bits per heavy atom. The van der Waals surface area contributed by atoms with E-state index in [4.69, 9.17) is 0 Å². The van der Waals surface area contributed by atoms with Crippen LogP contribution in [0.15, 0.2) is 18.2 Å². The molecule has 0 heterocycles. The van der Waals surface area contributed by atoms with Crippen LogP contribution < -0.4 is 5.32 Å². The van der Waals surface area contributed by atoms with E-state index in [9.17, 15) is 4.39 Å². The zero-order chi connectivity index (χ0) is 14.1. The predicted molar refractivity (Wildman–Crippen MR) is 80.9 cm³/mol. The van der Waals surface area contributed by atoms with Crippen LogP contribution in [0.1, 0.15) is 69.5 Å². The average Bonchev–Trinajstić information content (AvgIpc) is 2.41. The molecule has 19 heavy (non-hydrogen) atoms. The van der Waals surface area contributed by atoms with E-state index in [1.54, 1.807) is 6.07 Å². The van der Waals surface area contributed by atoms with Gasteiger partial charge in [0.1, 0.15) is 5.82 Å². The number of nitrogens with one attached hydrogen (secondary N) is 1. The number of halogens is 1. The number of hydrogen-bond acceptors (Lipinski definition) is 1. The Morgan fingerprint density at radius 1 is 1.11 bits per heavy atom. The minimum absolute atomic E-state index is 0.0744. The van der Waals surface area contributed by atoms with Gasteiger partial charge in [0.15, 0.2) is 0 Å². The van der Waals surface area contributed by atoms with Gasteiger partial charge in [-0.3, -0.25) is 0 Å². The van der Waals surface area contributed by atoms with Crippen LogP contribution in [-0.4, -0.2) is 6.54 Å². The van der Waals surface area contributed by atoms with Gasteiger partial charge < -0.3 is 5.32 Å². The first-order valence-electron chi connectivity index (χ1n) is 7.68. The number of unbranched alkanes of at least 4 members (excludes halogenated alkanes) is 3. The summed E-state index contributed by atoms with van der Waals surface area (Å²) in [6, 6.07) is 5.59. The van der Waals surface area contributed by atoms with Crippen LogP contribution in [0.3, 0.4) is 0 Å². The highest BCUT2D eigenvalue weighted by molar-refractivity contribution is 5.26. The molecule has 1 aromatic rings. The van der Waals surface area contributed by atoms with Crippen LogP contribution in [0.5, 0.6) is 0 Å². The Hall–Kier alpha value is -0.890. The first-order chi connectivity index (χ1) is 9.19. The van der Waals surface area contributed by atoms with Crippen LogP contribution in [0.25, 0.3) is 0 Å². The number of aryl methyl sites for hydroxylation is 1. The SMILES string of the molecule is CCCCCCC(NCCC)c1cc(C)ccc1F. The van der Waals surface area contributed by atoms with Gasteiger partial charge in [-0.25, -0.2) is 4.39 Å². The molecule has 1 rings (SSSR count). The van der Waals surface area contributed by atoms with Gasteiger partial charge in [0.2, 0.25) is 0 Å². The molecular formula is C17H28FN. The summed E-state index contributed by atoms with van der Waals surface area (Å²) in [5.74, 6) is -0.0744. The van der Waals surface area contributed by atoms with Crippen molar-refractivity contribution < 1.29 is 4.39 Å². The lowest BCUT2D eigenvalue weighted by atomic mass is 9.98. The minimum Gasteiger partial charge on any atom is -0.310 e. The van der Waals surface area contributed by atoms with Crippen LogP contribution in [0, 0.1) is 12.7 Å². The molecule has 1 atom stereocenters. The molecule has 1 aromatic carbocycles. The topological polar surface area (TPSA) is 12.0 Å². The fourth-order valence-corrected chi connectivity index (χ4v) is 2.39. The van der Waals surface area contributed by atoms with Crippen molar-refractivity contribution >= 4 is 0 Å². The average molecular weight is 265 g/mol. The normalized spacial score (nSPS) is 12.6. The smallest absolute Gasteiger partial charge is 0.127 e. The highest BCUT2D eigenvalue weighted by atomic mass is 19.1. The molecule has 0 spiro atoms. The Labute approximate surface area is 117 Å². The van der Waals surface area contributed by atoms with E-state index in [1.807, 2.05) is 19.1 Å². The standard InChI is InChI=1S/C17H28FN/c1-4-6-7-8-9-17(19-12-5-2)15-13-14(3)10-11-16(15)18/h10-11,13,17,19H,4-9,12H2,1-3H3. The highest BCUT2D eigenvalue weighted by Crippen LogP contribution is 2.24. The summed E-state index contributed by atoms with van der Waals surface area (Å²) >= 11 is 0. The lowest BCUT2D eigenvalue weighted by molar-refractivity contribution is 0.451. The van der Waals surface area contributed by atoms with Crippen molar-refractivity contribution in [1.82, 2.24) is 5.32 Å². The maximum atomic E-state index is 14.0. The molecule has 0 aromatic heterocycles. The molecule has 1 N–H and O–H groups in total. The van der Waals surface area contributed by atoms with Crippen molar-refractivity contribution in [2.45, 2.75) is 65.3 Å². The Balaban J connectivity index is 2.68. The van der Waals surface area contributed by atoms with E-state index in [1.165, 1.54) is 25.7 Å². The van der Waals surface area contributed by atoms with Crippen molar-refractivity contribution in [2.75, 3.05) is 6.54 Å². The van der Waals surface area contributed by atoms with E-state index in [-0.39, 0.29) is 11.9 Å². The molecule has 0 aliphatic carbocycles. The van der Waals surface area contributed by atoms with Crippen molar-refractivity contribution in [2.24, 2.45) is 0 Å². The van der Waals surface area contributed by atoms with Crippen molar-refractivity contribution in [3.8, 4) is 0 Å². The third-order valence-electron chi connectivity index (χ3n) is 3.51. The summed E-state index contributed by atoms with van der Waals surface area (Å²) < 4.78 is 14.0. The number of benzene rings is 1. The van der Waals surface area contributed by atoms with Crippen molar-refractivity contribution in [3.63, 3.8) is 0 Å². The summed E-state index contributed by atoms with van der Waals surface area (Å²) in [6.07, 6.45) is 7.04. The summed E-state index contributed by atoms with van der Waals surface area (Å²) in [5, 5.41) is 3.49. The van der Waals surface area contributed by atoms with Crippen LogP contribution >= 0.6 is 0 Å². The zero-order valence-electron chi connectivity index (χ0n) is 12.6. The Morgan fingerprint density at radius 2 is 1.89 bits per heavy atom. The summed E-state index contributed by atoms with van der Waals surface area (Å²) in [5.41, 5.74) is 1.97. The van der Waals surface area contributed by atoms with Crippen LogP contribution in [-0.2, 0) is 0 Å². The second kappa shape index (κ2) is 9.08. The van der Waals surface area contributed by atoms with Gasteiger partial charge >= 0.3 is 0 Å². The fraction of sp³-hybridized carbons (Fsp3) is 0.647. The third-order valence-corrected chi connectivity index (χ3v) is 3.51. The molecule has 1 nitrogen and oxygen atoms in total. The maximum Gasteiger partial charge on any atom is 0.127 e. The van der Waals surface area contributed by atoms with Crippen molar-refractivity contribution in [3.05, 3.63) is 35.1 Å². The van der Waals surface area contributed by atoms with Gasteiger partial charge in [-0.15, -0.1) is 0 Å². The molecule has 1 unspecified atom stereocenters. The molecule has 0 radical (unpaired) electrons. The quantitative estimate of drug-likeness (QED) is 0.609. The molecule has 0 saturated heterocycles. The third kappa shape index (κ3) is 5.73. The summed E-state index contributed by atoms with van der Waals surface area (Å²) in [6.45, 7) is 7.34. The number of rotatable bonds is 9. The van der Waals surface area contributed by atoms with Gasteiger partial charge in [0.25, 0.3) is 0 Å². The van der Waals surface area contributed by atoms with Gasteiger partial charge in [-0.2, -0.15) is 0 Å². The number of hydrogen-bond donors (Lipinski definition) is 1. The minimum atomic E-state index is -0.0744.